The molecule has 1 nitrogen and oxygen atoms in total. The van der Waals surface area contributed by atoms with E-state index in [1.807, 2.05) is 30.3 Å². The summed E-state index contributed by atoms with van der Waals surface area (Å²) in [5.41, 5.74) is 1.21. The van der Waals surface area contributed by atoms with Crippen LogP contribution in [0.15, 0.2) is 51.5 Å². The zero-order chi connectivity index (χ0) is 11.4. The molecule has 16 heavy (non-hydrogen) atoms. The first-order chi connectivity index (χ1) is 7.79. The fourth-order valence-electron chi connectivity index (χ4n) is 1.41. The molecule has 0 aliphatic carbocycles. The molecule has 0 amide bonds. The van der Waals surface area contributed by atoms with Crippen LogP contribution >= 0.6 is 23.1 Å². The highest BCUT2D eigenvalue weighted by Crippen LogP contribution is 2.29. The molecule has 2 aromatic rings. The van der Waals surface area contributed by atoms with Crippen LogP contribution in [0.2, 0.25) is 0 Å². The van der Waals surface area contributed by atoms with Gasteiger partial charge in [-0.3, -0.25) is 4.79 Å². The minimum absolute atomic E-state index is 0.0913. The van der Waals surface area contributed by atoms with Crippen molar-refractivity contribution in [1.29, 1.82) is 0 Å². The highest BCUT2D eigenvalue weighted by Gasteiger charge is 2.02. The van der Waals surface area contributed by atoms with Crippen LogP contribution in [0.5, 0.6) is 0 Å². The molecule has 1 heterocycles. The smallest absolute Gasteiger partial charge is 0.182 e. The molecule has 0 radical (unpaired) electrons. The Bertz CT molecular complexity index is 517. The Balaban J connectivity index is 2.45. The molecule has 0 saturated heterocycles. The topological polar surface area (TPSA) is 17.1 Å². The van der Waals surface area contributed by atoms with Gasteiger partial charge in [0.25, 0.3) is 0 Å². The summed E-state index contributed by atoms with van der Waals surface area (Å²) >= 11 is 3.39. The van der Waals surface area contributed by atoms with Crippen molar-refractivity contribution in [3.8, 4) is 10.4 Å². The summed E-state index contributed by atoms with van der Waals surface area (Å²) in [6.45, 7) is 2.09. The summed E-state index contributed by atoms with van der Waals surface area (Å²) in [7, 11) is 0. The molecule has 0 N–H and O–H groups in total. The maximum absolute atomic E-state index is 11.6. The highest BCUT2D eigenvalue weighted by atomic mass is 32.2. The fraction of sp³-hybridized carbons (Fsp3) is 0.154. The molecule has 0 atom stereocenters. The number of rotatable bonds is 3. The van der Waals surface area contributed by atoms with Crippen LogP contribution in [0, 0.1) is 0 Å². The minimum Gasteiger partial charge on any atom is -0.290 e. The van der Waals surface area contributed by atoms with E-state index in [9.17, 15) is 4.79 Å². The fourth-order valence-corrected chi connectivity index (χ4v) is 3.58. The summed E-state index contributed by atoms with van der Waals surface area (Å²) in [6, 6.07) is 13.5. The van der Waals surface area contributed by atoms with Crippen LogP contribution < -0.4 is 5.43 Å². The van der Waals surface area contributed by atoms with E-state index < -0.39 is 0 Å². The third kappa shape index (κ3) is 2.74. The molecular weight excluding hydrogens is 236 g/mol. The monoisotopic (exact) mass is 248 g/mol. The molecule has 0 saturated carbocycles. The van der Waals surface area contributed by atoms with Gasteiger partial charge in [0.2, 0.25) is 0 Å². The molecule has 1 aromatic heterocycles. The van der Waals surface area contributed by atoms with Gasteiger partial charge in [-0.05, 0) is 11.3 Å². The maximum Gasteiger partial charge on any atom is 0.182 e. The lowest BCUT2D eigenvalue weighted by molar-refractivity contribution is 1.49. The van der Waals surface area contributed by atoms with Gasteiger partial charge in [0.1, 0.15) is 0 Å². The van der Waals surface area contributed by atoms with Crippen LogP contribution in [-0.4, -0.2) is 5.75 Å². The molecule has 0 spiro atoms. The van der Waals surface area contributed by atoms with E-state index >= 15 is 0 Å². The van der Waals surface area contributed by atoms with Crippen molar-refractivity contribution < 1.29 is 0 Å². The second-order valence-electron chi connectivity index (χ2n) is 3.28. The van der Waals surface area contributed by atoms with Gasteiger partial charge in [0.15, 0.2) is 5.43 Å². The molecule has 0 bridgehead atoms. The Labute approximate surface area is 103 Å². The third-order valence-corrected chi connectivity index (χ3v) is 4.28. The zero-order valence-electron chi connectivity index (χ0n) is 8.97. The van der Waals surface area contributed by atoms with Gasteiger partial charge in [-0.15, -0.1) is 23.1 Å². The van der Waals surface area contributed by atoms with Crippen molar-refractivity contribution in [3.63, 3.8) is 0 Å². The number of thioether (sulfide) groups is 1. The van der Waals surface area contributed by atoms with Crippen molar-refractivity contribution in [2.45, 2.75) is 11.1 Å². The lowest BCUT2D eigenvalue weighted by atomic mass is 10.2. The predicted molar refractivity (Wildman–Crippen MR) is 72.4 cm³/mol. The standard InChI is InChI=1S/C13H12OS2/c1-2-15-13-9-11(14)8-12(16-13)10-6-4-3-5-7-10/h3-9H,2H2,1H3. The van der Waals surface area contributed by atoms with E-state index in [0.717, 1.165) is 20.4 Å². The van der Waals surface area contributed by atoms with E-state index in [1.54, 1.807) is 35.2 Å². The summed E-state index contributed by atoms with van der Waals surface area (Å²) in [5.74, 6) is 0.994. The molecule has 3 heteroatoms. The first-order valence-electron chi connectivity index (χ1n) is 5.13. The lowest BCUT2D eigenvalue weighted by Crippen LogP contribution is -1.96. The Morgan fingerprint density at radius 2 is 1.94 bits per heavy atom. The second kappa shape index (κ2) is 5.32. The van der Waals surface area contributed by atoms with Crippen LogP contribution in [0.1, 0.15) is 6.92 Å². The van der Waals surface area contributed by atoms with Gasteiger partial charge >= 0.3 is 0 Å². The van der Waals surface area contributed by atoms with Gasteiger partial charge < -0.3 is 0 Å². The van der Waals surface area contributed by atoms with Gasteiger partial charge in [0.05, 0.1) is 4.21 Å². The van der Waals surface area contributed by atoms with E-state index in [2.05, 4.69) is 6.92 Å². The normalized spacial score (nSPS) is 10.3. The Morgan fingerprint density at radius 1 is 1.19 bits per heavy atom. The van der Waals surface area contributed by atoms with E-state index in [4.69, 9.17) is 0 Å². The SMILES string of the molecule is CCSc1cc(=O)cc(-c2ccccc2)s1. The Morgan fingerprint density at radius 3 is 2.62 bits per heavy atom. The average molecular weight is 248 g/mol. The van der Waals surface area contributed by atoms with Crippen LogP contribution in [0.4, 0.5) is 0 Å². The van der Waals surface area contributed by atoms with E-state index in [1.165, 1.54) is 0 Å². The molecule has 1 aromatic carbocycles. The lowest BCUT2D eigenvalue weighted by Gasteiger charge is -2.02. The molecular formula is C13H12OS2. The summed E-state index contributed by atoms with van der Waals surface area (Å²) in [5, 5.41) is 0. The summed E-state index contributed by atoms with van der Waals surface area (Å²) in [6.07, 6.45) is 0. The molecule has 82 valence electrons. The summed E-state index contributed by atoms with van der Waals surface area (Å²) < 4.78 is 1.09. The van der Waals surface area contributed by atoms with Gasteiger partial charge in [0, 0.05) is 17.0 Å². The first-order valence-corrected chi connectivity index (χ1v) is 6.93. The first kappa shape index (κ1) is 11.4. The zero-order valence-corrected chi connectivity index (χ0v) is 10.6. The van der Waals surface area contributed by atoms with Crippen molar-refractivity contribution in [3.05, 3.63) is 52.7 Å². The van der Waals surface area contributed by atoms with Crippen molar-refractivity contribution in [1.82, 2.24) is 0 Å². The van der Waals surface area contributed by atoms with Crippen LogP contribution in [-0.2, 0) is 0 Å². The van der Waals surface area contributed by atoms with Crippen molar-refractivity contribution in [2.24, 2.45) is 0 Å². The molecule has 0 aliphatic heterocycles. The second-order valence-corrected chi connectivity index (χ2v) is 5.92. The maximum atomic E-state index is 11.6. The Kier molecular flexibility index (Phi) is 3.80. The molecule has 0 fully saturated rings. The number of hydrogen-bond donors (Lipinski definition) is 0. The van der Waals surface area contributed by atoms with Crippen molar-refractivity contribution >= 4 is 23.1 Å². The van der Waals surface area contributed by atoms with Crippen molar-refractivity contribution in [2.75, 3.05) is 5.75 Å². The average Bonchev–Trinajstić information content (AvgIpc) is 2.30. The molecule has 2 rings (SSSR count). The highest BCUT2D eigenvalue weighted by molar-refractivity contribution is 8.01. The van der Waals surface area contributed by atoms with Gasteiger partial charge in [-0.2, -0.15) is 0 Å². The number of hydrogen-bond acceptors (Lipinski definition) is 3. The largest absolute Gasteiger partial charge is 0.290 e. The number of benzene rings is 1. The van der Waals surface area contributed by atoms with Gasteiger partial charge in [-0.25, -0.2) is 0 Å². The third-order valence-electron chi connectivity index (χ3n) is 2.09. The van der Waals surface area contributed by atoms with Crippen LogP contribution in [0.3, 0.4) is 0 Å². The summed E-state index contributed by atoms with van der Waals surface area (Å²) in [4.78, 5) is 12.6. The molecule has 0 aliphatic rings. The minimum atomic E-state index is 0.0913. The van der Waals surface area contributed by atoms with Gasteiger partial charge in [-0.1, -0.05) is 37.3 Å². The Hall–Kier alpha value is -1.06. The van der Waals surface area contributed by atoms with Crippen LogP contribution in [0.25, 0.3) is 10.4 Å². The quantitative estimate of drug-likeness (QED) is 0.767. The molecule has 0 unspecified atom stereocenters. The van der Waals surface area contributed by atoms with E-state index in [0.29, 0.717) is 0 Å². The predicted octanol–water partition coefficient (Wildman–Crippen LogP) is 3.89. The van der Waals surface area contributed by atoms with E-state index in [-0.39, 0.29) is 5.43 Å².